The van der Waals surface area contributed by atoms with Gasteiger partial charge in [0.25, 0.3) is 0 Å². The molecule has 1 aromatic heterocycles. The number of hydrogen-bond donors (Lipinski definition) is 2. The lowest BCUT2D eigenvalue weighted by molar-refractivity contribution is 0.399. The first-order valence-electron chi connectivity index (χ1n) is 6.12. The van der Waals surface area contributed by atoms with Gasteiger partial charge in [-0.2, -0.15) is 0 Å². The molecule has 2 rings (SSSR count). The Morgan fingerprint density at radius 1 is 1.41 bits per heavy atom. The summed E-state index contributed by atoms with van der Waals surface area (Å²) < 4.78 is 0. The van der Waals surface area contributed by atoms with Crippen LogP contribution in [0.5, 0.6) is 0 Å². The molecule has 2 heterocycles. The zero-order valence-electron chi connectivity index (χ0n) is 10.8. The fourth-order valence-electron chi connectivity index (χ4n) is 2.31. The summed E-state index contributed by atoms with van der Waals surface area (Å²) in [5.74, 6) is 2.57. The molecule has 0 aliphatic carbocycles. The molecular weight excluding hydrogens is 214 g/mol. The highest BCUT2D eigenvalue weighted by Crippen LogP contribution is 2.19. The summed E-state index contributed by atoms with van der Waals surface area (Å²) in [7, 11) is 4.06. The van der Waals surface area contributed by atoms with Crippen molar-refractivity contribution in [2.24, 2.45) is 5.92 Å². The lowest BCUT2D eigenvalue weighted by atomic mass is 10.1. The third kappa shape index (κ3) is 2.85. The van der Waals surface area contributed by atoms with Gasteiger partial charge in [0.1, 0.15) is 18.0 Å². The van der Waals surface area contributed by atoms with Crippen molar-refractivity contribution in [2.45, 2.75) is 13.3 Å². The molecule has 0 amide bonds. The van der Waals surface area contributed by atoms with Crippen molar-refractivity contribution in [3.8, 4) is 0 Å². The van der Waals surface area contributed by atoms with Crippen molar-refractivity contribution in [1.29, 1.82) is 0 Å². The summed E-state index contributed by atoms with van der Waals surface area (Å²) in [6, 6.07) is 0. The van der Waals surface area contributed by atoms with Gasteiger partial charge in [0.2, 0.25) is 0 Å². The minimum Gasteiger partial charge on any atom is -0.373 e. The topological polar surface area (TPSA) is 53.1 Å². The Morgan fingerprint density at radius 2 is 2.18 bits per heavy atom. The Kier molecular flexibility index (Phi) is 3.78. The average molecular weight is 235 g/mol. The highest BCUT2D eigenvalue weighted by molar-refractivity contribution is 5.56. The van der Waals surface area contributed by atoms with Crippen LogP contribution in [0.4, 0.5) is 11.6 Å². The molecule has 1 fully saturated rings. The largest absolute Gasteiger partial charge is 0.373 e. The fraction of sp³-hybridized carbons (Fsp3) is 0.667. The molecule has 17 heavy (non-hydrogen) atoms. The van der Waals surface area contributed by atoms with Gasteiger partial charge in [-0.1, -0.05) is 0 Å². The molecule has 0 saturated carbocycles. The van der Waals surface area contributed by atoms with Crippen LogP contribution in [0.2, 0.25) is 0 Å². The predicted molar refractivity (Wildman–Crippen MR) is 70.4 cm³/mol. The molecule has 1 atom stereocenters. The zero-order valence-corrected chi connectivity index (χ0v) is 10.8. The molecule has 1 unspecified atom stereocenters. The number of likely N-dealkylation sites (tertiary alicyclic amines) is 1. The van der Waals surface area contributed by atoms with Crippen LogP contribution in [0.1, 0.15) is 12.0 Å². The standard InChI is InChI=1S/C12H21N5/c1-9-11(13-2)15-8-16-12(9)14-6-10-4-5-17(3)7-10/h8,10H,4-7H2,1-3H3,(H2,13,14,15,16). The van der Waals surface area contributed by atoms with Gasteiger partial charge in [0.05, 0.1) is 0 Å². The lowest BCUT2D eigenvalue weighted by Crippen LogP contribution is -2.20. The molecule has 94 valence electrons. The normalized spacial score (nSPS) is 20.5. The van der Waals surface area contributed by atoms with Crippen LogP contribution in [-0.4, -0.2) is 48.6 Å². The van der Waals surface area contributed by atoms with E-state index >= 15 is 0 Å². The molecule has 5 heteroatoms. The SMILES string of the molecule is CNc1ncnc(NCC2CCN(C)C2)c1C. The van der Waals surface area contributed by atoms with E-state index in [-0.39, 0.29) is 0 Å². The third-order valence-electron chi connectivity index (χ3n) is 3.37. The molecule has 2 N–H and O–H groups in total. The second-order valence-electron chi connectivity index (χ2n) is 4.74. The van der Waals surface area contributed by atoms with Crippen LogP contribution in [0.25, 0.3) is 0 Å². The number of nitrogens with zero attached hydrogens (tertiary/aromatic N) is 3. The summed E-state index contributed by atoms with van der Waals surface area (Å²) in [5, 5.41) is 6.50. The Labute approximate surface area is 103 Å². The fourth-order valence-corrected chi connectivity index (χ4v) is 2.31. The van der Waals surface area contributed by atoms with Gasteiger partial charge in [-0.25, -0.2) is 9.97 Å². The molecule has 0 bridgehead atoms. The number of aromatic nitrogens is 2. The van der Waals surface area contributed by atoms with Crippen LogP contribution < -0.4 is 10.6 Å². The van der Waals surface area contributed by atoms with E-state index in [9.17, 15) is 0 Å². The van der Waals surface area contributed by atoms with Gasteiger partial charge in [-0.3, -0.25) is 0 Å². The number of anilines is 2. The molecule has 0 spiro atoms. The van der Waals surface area contributed by atoms with E-state index < -0.39 is 0 Å². The van der Waals surface area contributed by atoms with Gasteiger partial charge >= 0.3 is 0 Å². The Balaban J connectivity index is 1.95. The maximum absolute atomic E-state index is 4.29. The van der Waals surface area contributed by atoms with Crippen LogP contribution in [0.3, 0.4) is 0 Å². The predicted octanol–water partition coefficient (Wildman–Crippen LogP) is 1.19. The first kappa shape index (κ1) is 12.1. The molecule has 0 radical (unpaired) electrons. The van der Waals surface area contributed by atoms with Crippen molar-refractivity contribution >= 4 is 11.6 Å². The molecule has 5 nitrogen and oxygen atoms in total. The summed E-state index contributed by atoms with van der Waals surface area (Å²) in [6.45, 7) is 5.41. The minimum atomic E-state index is 0.729. The zero-order chi connectivity index (χ0) is 12.3. The maximum atomic E-state index is 4.29. The maximum Gasteiger partial charge on any atom is 0.134 e. The van der Waals surface area contributed by atoms with Crippen LogP contribution in [0.15, 0.2) is 6.33 Å². The third-order valence-corrected chi connectivity index (χ3v) is 3.37. The monoisotopic (exact) mass is 235 g/mol. The first-order valence-corrected chi connectivity index (χ1v) is 6.12. The highest BCUT2D eigenvalue weighted by Gasteiger charge is 2.19. The van der Waals surface area contributed by atoms with E-state index in [0.29, 0.717) is 0 Å². The van der Waals surface area contributed by atoms with Crippen molar-refractivity contribution in [3.63, 3.8) is 0 Å². The van der Waals surface area contributed by atoms with Crippen molar-refractivity contribution in [3.05, 3.63) is 11.9 Å². The molecular formula is C12H21N5. The Morgan fingerprint density at radius 3 is 2.82 bits per heavy atom. The van der Waals surface area contributed by atoms with Crippen LogP contribution >= 0.6 is 0 Å². The lowest BCUT2D eigenvalue weighted by Gasteiger charge is -2.14. The number of nitrogens with one attached hydrogen (secondary N) is 2. The number of hydrogen-bond acceptors (Lipinski definition) is 5. The quantitative estimate of drug-likeness (QED) is 0.821. The van der Waals surface area contributed by atoms with E-state index in [1.807, 2.05) is 14.0 Å². The smallest absolute Gasteiger partial charge is 0.134 e. The van der Waals surface area contributed by atoms with Crippen LogP contribution in [-0.2, 0) is 0 Å². The van der Waals surface area contributed by atoms with Crippen molar-refractivity contribution in [1.82, 2.24) is 14.9 Å². The van der Waals surface area contributed by atoms with Crippen LogP contribution in [0, 0.1) is 12.8 Å². The average Bonchev–Trinajstić information content (AvgIpc) is 2.74. The van der Waals surface area contributed by atoms with Gasteiger partial charge in [-0.15, -0.1) is 0 Å². The Hall–Kier alpha value is -1.36. The van der Waals surface area contributed by atoms with Gasteiger partial charge < -0.3 is 15.5 Å². The van der Waals surface area contributed by atoms with E-state index in [1.165, 1.54) is 19.5 Å². The summed E-state index contributed by atoms with van der Waals surface area (Å²) in [4.78, 5) is 10.8. The van der Waals surface area contributed by atoms with E-state index in [1.54, 1.807) is 6.33 Å². The molecule has 1 aliphatic rings. The molecule has 1 aromatic rings. The molecule has 1 aliphatic heterocycles. The van der Waals surface area contributed by atoms with Gasteiger partial charge in [0, 0.05) is 25.7 Å². The van der Waals surface area contributed by atoms with E-state index in [2.05, 4.69) is 32.5 Å². The van der Waals surface area contributed by atoms with Gasteiger partial charge in [0.15, 0.2) is 0 Å². The van der Waals surface area contributed by atoms with Crippen molar-refractivity contribution in [2.75, 3.05) is 44.4 Å². The van der Waals surface area contributed by atoms with E-state index in [4.69, 9.17) is 0 Å². The second-order valence-corrected chi connectivity index (χ2v) is 4.74. The summed E-state index contributed by atoms with van der Waals surface area (Å²) in [5.41, 5.74) is 1.08. The van der Waals surface area contributed by atoms with Gasteiger partial charge in [-0.05, 0) is 32.9 Å². The second kappa shape index (κ2) is 5.31. The van der Waals surface area contributed by atoms with Crippen molar-refractivity contribution < 1.29 is 0 Å². The summed E-state index contributed by atoms with van der Waals surface area (Å²) in [6.07, 6.45) is 2.87. The molecule has 1 saturated heterocycles. The summed E-state index contributed by atoms with van der Waals surface area (Å²) >= 11 is 0. The minimum absolute atomic E-state index is 0.729. The molecule has 0 aromatic carbocycles. The van der Waals surface area contributed by atoms with E-state index in [0.717, 1.165) is 29.7 Å². The first-order chi connectivity index (χ1) is 8.20. The Bertz CT molecular complexity index is 379. The number of rotatable bonds is 4. The highest BCUT2D eigenvalue weighted by atomic mass is 15.1.